The first-order valence-electron chi connectivity index (χ1n) is 10.1. The monoisotopic (exact) mass is 386 g/mol. The SMILES string of the molecule is [B]c1ccc2c(c1)c1ccc(O)cc1n2-c1nccc2c1-c1ccccc1C2(C)C. The van der Waals surface area contributed by atoms with Crippen LogP contribution < -0.4 is 5.46 Å². The van der Waals surface area contributed by atoms with Crippen molar-refractivity contribution in [2.24, 2.45) is 0 Å². The number of aromatic nitrogens is 2. The summed E-state index contributed by atoms with van der Waals surface area (Å²) < 4.78 is 2.15. The fourth-order valence-corrected chi connectivity index (χ4v) is 5.05. The van der Waals surface area contributed by atoms with Crippen LogP contribution in [-0.4, -0.2) is 22.5 Å². The summed E-state index contributed by atoms with van der Waals surface area (Å²) in [5.41, 5.74) is 7.48. The molecule has 1 aliphatic rings. The zero-order chi connectivity index (χ0) is 20.6. The summed E-state index contributed by atoms with van der Waals surface area (Å²) in [4.78, 5) is 4.86. The number of aromatic hydroxyl groups is 1. The molecule has 2 aromatic heterocycles. The van der Waals surface area contributed by atoms with E-state index in [9.17, 15) is 5.11 Å². The largest absolute Gasteiger partial charge is 0.508 e. The van der Waals surface area contributed by atoms with Crippen LogP contribution in [0.3, 0.4) is 0 Å². The molecule has 0 fully saturated rings. The van der Waals surface area contributed by atoms with Gasteiger partial charge in [-0.15, -0.1) is 0 Å². The van der Waals surface area contributed by atoms with Gasteiger partial charge in [0, 0.05) is 34.0 Å². The van der Waals surface area contributed by atoms with Gasteiger partial charge in [-0.1, -0.05) is 55.7 Å². The van der Waals surface area contributed by atoms with E-state index in [0.717, 1.165) is 33.2 Å². The van der Waals surface area contributed by atoms with Crippen molar-refractivity contribution in [1.29, 1.82) is 0 Å². The summed E-state index contributed by atoms with van der Waals surface area (Å²) in [6, 6.07) is 22.1. The molecule has 1 aliphatic carbocycles. The van der Waals surface area contributed by atoms with E-state index in [4.69, 9.17) is 12.8 Å². The highest BCUT2D eigenvalue weighted by Crippen LogP contribution is 2.51. The second-order valence-corrected chi connectivity index (χ2v) is 8.54. The summed E-state index contributed by atoms with van der Waals surface area (Å²) in [5.74, 6) is 1.11. The maximum atomic E-state index is 10.3. The molecular formula is C26H19BN2O. The summed E-state index contributed by atoms with van der Waals surface area (Å²) in [7, 11) is 6.11. The summed E-state index contributed by atoms with van der Waals surface area (Å²) >= 11 is 0. The molecule has 0 saturated heterocycles. The van der Waals surface area contributed by atoms with Gasteiger partial charge in [0.25, 0.3) is 0 Å². The summed E-state index contributed by atoms with van der Waals surface area (Å²) in [5, 5.41) is 12.3. The Morgan fingerprint density at radius 1 is 0.867 bits per heavy atom. The molecule has 5 aromatic rings. The molecule has 2 radical (unpaired) electrons. The standard InChI is InChI=1S/C26H19BN2O/c1-26(2)20-6-4-3-5-18(20)24-21(26)11-12-28-25(24)29-22-10-7-15(27)13-19(22)17-9-8-16(30)14-23(17)29/h3-14,30H,1-2H3. The molecule has 2 heterocycles. The van der Waals surface area contributed by atoms with Crippen LogP contribution in [0.2, 0.25) is 0 Å². The lowest BCUT2D eigenvalue weighted by atomic mass is 9.83. The molecule has 0 atom stereocenters. The number of phenolic OH excluding ortho intramolecular Hbond substituents is 1. The van der Waals surface area contributed by atoms with Gasteiger partial charge in [0.2, 0.25) is 0 Å². The van der Waals surface area contributed by atoms with Gasteiger partial charge in [0.05, 0.1) is 11.0 Å². The normalized spacial score (nSPS) is 14.2. The zero-order valence-electron chi connectivity index (χ0n) is 16.8. The summed E-state index contributed by atoms with van der Waals surface area (Å²) in [6.45, 7) is 4.53. The van der Waals surface area contributed by atoms with Gasteiger partial charge >= 0.3 is 0 Å². The maximum Gasteiger partial charge on any atom is 0.145 e. The number of pyridine rings is 1. The van der Waals surface area contributed by atoms with E-state index in [1.54, 1.807) is 12.1 Å². The van der Waals surface area contributed by atoms with E-state index in [1.165, 1.54) is 16.7 Å². The van der Waals surface area contributed by atoms with Gasteiger partial charge in [0.1, 0.15) is 19.4 Å². The number of fused-ring (bicyclic) bond motifs is 6. The van der Waals surface area contributed by atoms with E-state index in [0.29, 0.717) is 5.46 Å². The van der Waals surface area contributed by atoms with Gasteiger partial charge in [-0.25, -0.2) is 4.98 Å². The third-order valence-electron chi connectivity index (χ3n) is 6.46. The minimum absolute atomic E-state index is 0.102. The van der Waals surface area contributed by atoms with Crippen molar-refractivity contribution >= 4 is 35.1 Å². The molecule has 0 unspecified atom stereocenters. The molecular weight excluding hydrogens is 367 g/mol. The lowest BCUT2D eigenvalue weighted by Crippen LogP contribution is -2.15. The molecule has 0 saturated carbocycles. The first-order valence-corrected chi connectivity index (χ1v) is 10.1. The Morgan fingerprint density at radius 2 is 1.70 bits per heavy atom. The fraction of sp³-hybridized carbons (Fsp3) is 0.115. The number of phenols is 1. The quantitative estimate of drug-likeness (QED) is 0.413. The predicted octanol–water partition coefficient (Wildman–Crippen LogP) is 4.98. The summed E-state index contributed by atoms with van der Waals surface area (Å²) in [6.07, 6.45) is 1.89. The molecule has 0 bridgehead atoms. The van der Waals surface area contributed by atoms with Crippen LogP contribution >= 0.6 is 0 Å². The average molecular weight is 386 g/mol. The van der Waals surface area contributed by atoms with Gasteiger partial charge < -0.3 is 5.11 Å². The Balaban J connectivity index is 1.80. The Kier molecular flexibility index (Phi) is 3.33. The maximum absolute atomic E-state index is 10.3. The second-order valence-electron chi connectivity index (χ2n) is 8.54. The lowest BCUT2D eigenvalue weighted by molar-refractivity contribution is 0.476. The van der Waals surface area contributed by atoms with Crippen molar-refractivity contribution in [1.82, 2.24) is 9.55 Å². The minimum Gasteiger partial charge on any atom is -0.508 e. The van der Waals surface area contributed by atoms with Crippen LogP contribution in [0.25, 0.3) is 38.8 Å². The van der Waals surface area contributed by atoms with E-state index in [2.05, 4.69) is 48.7 Å². The molecule has 1 N–H and O–H groups in total. The van der Waals surface area contributed by atoms with Crippen molar-refractivity contribution in [3.05, 3.63) is 84.1 Å². The first kappa shape index (κ1) is 17.3. The molecule has 0 amide bonds. The van der Waals surface area contributed by atoms with E-state index < -0.39 is 0 Å². The predicted molar refractivity (Wildman–Crippen MR) is 123 cm³/mol. The number of hydrogen-bond acceptors (Lipinski definition) is 2. The highest BCUT2D eigenvalue weighted by atomic mass is 16.3. The average Bonchev–Trinajstić information content (AvgIpc) is 3.17. The smallest absolute Gasteiger partial charge is 0.145 e. The number of rotatable bonds is 1. The molecule has 3 aromatic carbocycles. The zero-order valence-corrected chi connectivity index (χ0v) is 16.8. The Morgan fingerprint density at radius 3 is 2.57 bits per heavy atom. The Labute approximate surface area is 176 Å². The van der Waals surface area contributed by atoms with Gasteiger partial charge in [0.15, 0.2) is 0 Å². The third kappa shape index (κ3) is 2.14. The van der Waals surface area contributed by atoms with Crippen LogP contribution in [0.15, 0.2) is 72.9 Å². The van der Waals surface area contributed by atoms with Crippen molar-refractivity contribution < 1.29 is 5.11 Å². The molecule has 0 spiro atoms. The highest BCUT2D eigenvalue weighted by molar-refractivity contribution is 6.34. The molecule has 0 aliphatic heterocycles. The Bertz CT molecular complexity index is 1500. The molecule has 3 nitrogen and oxygen atoms in total. The van der Waals surface area contributed by atoms with Crippen molar-refractivity contribution in [2.45, 2.75) is 19.3 Å². The number of nitrogens with zero attached hydrogens (tertiary/aromatic N) is 2. The van der Waals surface area contributed by atoms with E-state index in [-0.39, 0.29) is 11.2 Å². The third-order valence-corrected chi connectivity index (χ3v) is 6.46. The second kappa shape index (κ2) is 5.76. The van der Waals surface area contributed by atoms with E-state index >= 15 is 0 Å². The van der Waals surface area contributed by atoms with Gasteiger partial charge in [-0.05, 0) is 41.0 Å². The molecule has 142 valence electrons. The van der Waals surface area contributed by atoms with Crippen molar-refractivity contribution in [3.8, 4) is 22.7 Å². The molecule has 4 heteroatoms. The van der Waals surface area contributed by atoms with Crippen molar-refractivity contribution in [2.75, 3.05) is 0 Å². The van der Waals surface area contributed by atoms with Crippen LogP contribution in [0.5, 0.6) is 5.75 Å². The Hall–Kier alpha value is -3.53. The van der Waals surface area contributed by atoms with Crippen LogP contribution in [0, 0.1) is 0 Å². The number of benzene rings is 3. The minimum atomic E-state index is -0.102. The van der Waals surface area contributed by atoms with Gasteiger partial charge in [-0.3, -0.25) is 4.57 Å². The van der Waals surface area contributed by atoms with E-state index in [1.807, 2.05) is 30.5 Å². The topological polar surface area (TPSA) is 38.0 Å². The van der Waals surface area contributed by atoms with Crippen LogP contribution in [0.1, 0.15) is 25.0 Å². The first-order chi connectivity index (χ1) is 14.5. The van der Waals surface area contributed by atoms with Crippen molar-refractivity contribution in [3.63, 3.8) is 0 Å². The molecule has 30 heavy (non-hydrogen) atoms. The van der Waals surface area contributed by atoms with Crippen LogP contribution in [-0.2, 0) is 5.41 Å². The lowest BCUT2D eigenvalue weighted by Gasteiger charge is -2.21. The van der Waals surface area contributed by atoms with Gasteiger partial charge in [-0.2, -0.15) is 0 Å². The molecule has 6 rings (SSSR count). The van der Waals surface area contributed by atoms with Crippen LogP contribution in [0.4, 0.5) is 0 Å². The highest BCUT2D eigenvalue weighted by Gasteiger charge is 2.37. The number of hydrogen-bond donors (Lipinski definition) is 1. The fourth-order valence-electron chi connectivity index (χ4n) is 5.05.